The number of aliphatic hydroxyl groups excluding tert-OH is 2. The third-order valence-corrected chi connectivity index (χ3v) is 11.3. The highest BCUT2D eigenvalue weighted by Crippen LogP contribution is 2.68. The summed E-state index contributed by atoms with van der Waals surface area (Å²) in [4.78, 5) is 11.7. The molecular formula is C28H48O4. The van der Waals surface area contributed by atoms with Gasteiger partial charge in [-0.05, 0) is 104 Å². The quantitative estimate of drug-likeness (QED) is 0.520. The van der Waals surface area contributed by atoms with Gasteiger partial charge in [0.05, 0.1) is 25.2 Å². The molecule has 0 saturated heterocycles. The molecule has 0 aromatic rings. The van der Waals surface area contributed by atoms with Crippen LogP contribution in [0.5, 0.6) is 0 Å². The van der Waals surface area contributed by atoms with Gasteiger partial charge in [0.2, 0.25) is 0 Å². The van der Waals surface area contributed by atoms with Crippen molar-refractivity contribution in [1.82, 2.24) is 0 Å². The first-order valence-electron chi connectivity index (χ1n) is 13.6. The van der Waals surface area contributed by atoms with Gasteiger partial charge in [0.1, 0.15) is 0 Å². The van der Waals surface area contributed by atoms with Crippen LogP contribution < -0.4 is 0 Å². The number of esters is 1. The minimum absolute atomic E-state index is 0.00496. The van der Waals surface area contributed by atoms with Gasteiger partial charge >= 0.3 is 5.97 Å². The summed E-state index contributed by atoms with van der Waals surface area (Å²) in [5, 5.41) is 21.7. The van der Waals surface area contributed by atoms with Crippen LogP contribution in [0.3, 0.4) is 0 Å². The smallest absolute Gasteiger partial charge is 0.308 e. The van der Waals surface area contributed by atoms with Crippen molar-refractivity contribution in [2.24, 2.45) is 52.3 Å². The molecule has 4 nitrogen and oxygen atoms in total. The van der Waals surface area contributed by atoms with Crippen molar-refractivity contribution in [2.45, 2.75) is 111 Å². The lowest BCUT2D eigenvalue weighted by Gasteiger charge is -2.62. The predicted molar refractivity (Wildman–Crippen MR) is 127 cm³/mol. The van der Waals surface area contributed by atoms with Gasteiger partial charge in [-0.25, -0.2) is 0 Å². The maximum absolute atomic E-state index is 11.7. The Bertz CT molecular complexity index is 678. The zero-order chi connectivity index (χ0) is 23.3. The second-order valence-electron chi connectivity index (χ2n) is 12.8. The second-order valence-corrected chi connectivity index (χ2v) is 12.8. The first kappa shape index (κ1) is 24.5. The third kappa shape index (κ3) is 4.06. The van der Waals surface area contributed by atoms with Crippen LogP contribution in [-0.2, 0) is 9.53 Å². The monoisotopic (exact) mass is 448 g/mol. The lowest BCUT2D eigenvalue weighted by Crippen LogP contribution is -2.58. The highest BCUT2D eigenvalue weighted by molar-refractivity contribution is 5.71. The number of fused-ring (bicyclic) bond motifs is 5. The van der Waals surface area contributed by atoms with Crippen LogP contribution in [0.25, 0.3) is 0 Å². The summed E-state index contributed by atoms with van der Waals surface area (Å²) < 4.78 is 4.89. The fraction of sp³-hybridized carbons (Fsp3) is 0.964. The minimum atomic E-state index is -0.192. The number of aliphatic hydroxyl groups is 2. The van der Waals surface area contributed by atoms with Crippen LogP contribution in [0.4, 0.5) is 0 Å². The highest BCUT2D eigenvalue weighted by Gasteiger charge is 2.62. The molecule has 4 heteroatoms. The maximum Gasteiger partial charge on any atom is 0.308 e. The summed E-state index contributed by atoms with van der Waals surface area (Å²) in [5.41, 5.74) is 0.644. The van der Waals surface area contributed by atoms with Gasteiger partial charge in [0, 0.05) is 0 Å². The molecule has 1 unspecified atom stereocenters. The molecule has 0 aromatic heterocycles. The van der Waals surface area contributed by atoms with Gasteiger partial charge < -0.3 is 14.9 Å². The van der Waals surface area contributed by atoms with Gasteiger partial charge in [-0.15, -0.1) is 0 Å². The van der Waals surface area contributed by atoms with E-state index in [0.29, 0.717) is 40.4 Å². The molecule has 0 spiro atoms. The van der Waals surface area contributed by atoms with E-state index in [-0.39, 0.29) is 24.1 Å². The van der Waals surface area contributed by atoms with E-state index < -0.39 is 0 Å². The van der Waals surface area contributed by atoms with Crippen molar-refractivity contribution < 1.29 is 19.7 Å². The van der Waals surface area contributed by atoms with Gasteiger partial charge in [-0.1, -0.05) is 40.5 Å². The SMILES string of the molecule is COC(=O)C(C)CCC[C@@H](C)[C@H]1CC[C@H]2[C@@H]3[C@@H](O)C[C@@H]4C[C@H](O)CC[C@]4(C)[C@H]3CC[C@]12C. The Balaban J connectivity index is 1.43. The Kier molecular flexibility index (Phi) is 7.05. The molecule has 4 fully saturated rings. The Morgan fingerprint density at radius 1 is 0.969 bits per heavy atom. The van der Waals surface area contributed by atoms with Crippen molar-refractivity contribution in [2.75, 3.05) is 7.11 Å². The molecule has 32 heavy (non-hydrogen) atoms. The fourth-order valence-electron chi connectivity index (χ4n) is 9.44. The topological polar surface area (TPSA) is 66.8 Å². The highest BCUT2D eigenvalue weighted by atomic mass is 16.5. The summed E-state index contributed by atoms with van der Waals surface area (Å²) in [5.74, 6) is 3.50. The molecule has 0 aromatic carbocycles. The Hall–Kier alpha value is -0.610. The third-order valence-electron chi connectivity index (χ3n) is 11.3. The Morgan fingerprint density at radius 3 is 2.38 bits per heavy atom. The van der Waals surface area contributed by atoms with Crippen LogP contribution in [0.2, 0.25) is 0 Å². The Morgan fingerprint density at radius 2 is 1.66 bits per heavy atom. The number of hydrogen-bond donors (Lipinski definition) is 2. The van der Waals surface area contributed by atoms with Crippen molar-refractivity contribution in [3.8, 4) is 0 Å². The molecule has 4 aliphatic carbocycles. The number of carbonyl (C=O) groups excluding carboxylic acids is 1. The summed E-state index contributed by atoms with van der Waals surface area (Å²) in [6.07, 6.45) is 11.8. The zero-order valence-electron chi connectivity index (χ0n) is 21.2. The van der Waals surface area contributed by atoms with Crippen LogP contribution in [0.15, 0.2) is 0 Å². The molecule has 11 atom stereocenters. The van der Waals surface area contributed by atoms with Gasteiger partial charge in [0.15, 0.2) is 0 Å². The normalized spacial score (nSPS) is 47.7. The Labute approximate surface area is 195 Å². The average molecular weight is 449 g/mol. The molecular weight excluding hydrogens is 400 g/mol. The van der Waals surface area contributed by atoms with Crippen LogP contribution >= 0.6 is 0 Å². The van der Waals surface area contributed by atoms with Crippen molar-refractivity contribution in [1.29, 1.82) is 0 Å². The van der Waals surface area contributed by atoms with Crippen LogP contribution in [-0.4, -0.2) is 35.5 Å². The first-order chi connectivity index (χ1) is 15.1. The first-order valence-corrected chi connectivity index (χ1v) is 13.6. The molecule has 0 heterocycles. The van der Waals surface area contributed by atoms with Crippen LogP contribution in [0.1, 0.15) is 98.3 Å². The number of carbonyl (C=O) groups is 1. The molecule has 0 radical (unpaired) electrons. The number of rotatable bonds is 6. The summed E-state index contributed by atoms with van der Waals surface area (Å²) in [6, 6.07) is 0. The van der Waals surface area contributed by atoms with E-state index in [9.17, 15) is 15.0 Å². The van der Waals surface area contributed by atoms with Crippen molar-refractivity contribution in [3.63, 3.8) is 0 Å². The molecule has 0 amide bonds. The van der Waals surface area contributed by atoms with E-state index in [4.69, 9.17) is 4.74 Å². The van der Waals surface area contributed by atoms with Crippen molar-refractivity contribution >= 4 is 5.97 Å². The summed E-state index contributed by atoms with van der Waals surface area (Å²) >= 11 is 0. The van der Waals surface area contributed by atoms with Gasteiger partial charge in [-0.3, -0.25) is 4.79 Å². The molecule has 4 aliphatic rings. The lowest BCUT2D eigenvalue weighted by molar-refractivity contribution is -0.174. The van der Waals surface area contributed by atoms with E-state index in [0.717, 1.165) is 44.4 Å². The lowest BCUT2D eigenvalue weighted by atomic mass is 9.43. The van der Waals surface area contributed by atoms with Gasteiger partial charge in [0.25, 0.3) is 0 Å². The largest absolute Gasteiger partial charge is 0.469 e. The van der Waals surface area contributed by atoms with Crippen molar-refractivity contribution in [3.05, 3.63) is 0 Å². The number of hydrogen-bond acceptors (Lipinski definition) is 4. The molecule has 4 saturated carbocycles. The second kappa shape index (κ2) is 9.21. The van der Waals surface area contributed by atoms with E-state index in [1.54, 1.807) is 0 Å². The standard InChI is InChI=1S/C28H48O4/c1-17(7-6-8-18(2)26(31)32-5)21-9-10-22-25-23(12-14-28(21,22)4)27(3)13-11-20(29)15-19(27)16-24(25)30/h17-25,29-30H,6-16H2,1-5H3/t17-,18?,19+,20-,21-,22+,23+,24+,25+,27+,28-/m1/s1. The fourth-order valence-corrected chi connectivity index (χ4v) is 9.44. The molecule has 2 N–H and O–H groups in total. The predicted octanol–water partition coefficient (Wildman–Crippen LogP) is 5.59. The molecule has 0 bridgehead atoms. The zero-order valence-corrected chi connectivity index (χ0v) is 21.2. The summed E-state index contributed by atoms with van der Waals surface area (Å²) in [7, 11) is 1.48. The number of methoxy groups -OCH3 is 1. The van der Waals surface area contributed by atoms with E-state index in [1.165, 1.54) is 39.2 Å². The number of ether oxygens (including phenoxy) is 1. The van der Waals surface area contributed by atoms with E-state index in [1.807, 2.05) is 6.92 Å². The molecule has 184 valence electrons. The van der Waals surface area contributed by atoms with E-state index >= 15 is 0 Å². The minimum Gasteiger partial charge on any atom is -0.469 e. The maximum atomic E-state index is 11.7. The van der Waals surface area contributed by atoms with E-state index in [2.05, 4.69) is 20.8 Å². The van der Waals surface area contributed by atoms with Gasteiger partial charge in [-0.2, -0.15) is 0 Å². The molecule has 0 aliphatic heterocycles. The van der Waals surface area contributed by atoms with Crippen LogP contribution in [0, 0.1) is 52.3 Å². The summed E-state index contributed by atoms with van der Waals surface area (Å²) in [6.45, 7) is 9.45. The molecule has 4 rings (SSSR count). The average Bonchev–Trinajstić information content (AvgIpc) is 3.11.